The lowest BCUT2D eigenvalue weighted by Gasteiger charge is -2.25. The maximum absolute atomic E-state index is 13.9. The van der Waals surface area contributed by atoms with Crippen LogP contribution < -0.4 is 14.8 Å². The predicted octanol–water partition coefficient (Wildman–Crippen LogP) is 4.84. The fraction of sp³-hybridized carbons (Fsp3) is 0.333. The summed E-state index contributed by atoms with van der Waals surface area (Å²) in [6, 6.07) is 9.02. The Kier molecular flexibility index (Phi) is 6.39. The molecule has 1 aliphatic rings. The number of hydrogen-bond donors (Lipinski definition) is 1. The van der Waals surface area contributed by atoms with E-state index in [2.05, 4.69) is 10.3 Å². The van der Waals surface area contributed by atoms with E-state index in [-0.39, 0.29) is 47.9 Å². The lowest BCUT2D eigenvalue weighted by atomic mass is 9.95. The van der Waals surface area contributed by atoms with Crippen LogP contribution in [0.1, 0.15) is 37.8 Å². The Morgan fingerprint density at radius 2 is 1.81 bits per heavy atom. The van der Waals surface area contributed by atoms with Gasteiger partial charge in [-0.2, -0.15) is 0 Å². The van der Waals surface area contributed by atoms with Crippen LogP contribution in [0.4, 0.5) is 8.78 Å². The van der Waals surface area contributed by atoms with Gasteiger partial charge in [-0.05, 0) is 35.7 Å². The highest BCUT2D eigenvalue weighted by Crippen LogP contribution is 2.34. The number of nitrogens with zero attached hydrogens (tertiary/aromatic N) is 1. The highest BCUT2D eigenvalue weighted by atomic mass is 19.1. The van der Waals surface area contributed by atoms with Crippen LogP contribution in [-0.4, -0.2) is 24.1 Å². The van der Waals surface area contributed by atoms with Gasteiger partial charge in [0.15, 0.2) is 23.1 Å². The minimum Gasteiger partial charge on any atom is -0.486 e. The summed E-state index contributed by atoms with van der Waals surface area (Å²) in [6.45, 7) is 5.04. The first kappa shape index (κ1) is 21.8. The van der Waals surface area contributed by atoms with Crippen molar-refractivity contribution in [3.05, 3.63) is 65.7 Å². The maximum atomic E-state index is 13.9. The van der Waals surface area contributed by atoms with Gasteiger partial charge >= 0.3 is 0 Å². The molecule has 4 rings (SSSR count). The lowest BCUT2D eigenvalue weighted by molar-refractivity contribution is -0.122. The van der Waals surface area contributed by atoms with Gasteiger partial charge in [0.1, 0.15) is 24.8 Å². The Morgan fingerprint density at radius 3 is 2.53 bits per heavy atom. The van der Waals surface area contributed by atoms with E-state index >= 15 is 0 Å². The molecular weight excluding hydrogens is 418 g/mol. The van der Waals surface area contributed by atoms with Gasteiger partial charge in [0.05, 0.1) is 17.8 Å². The second-order valence-corrected chi connectivity index (χ2v) is 7.91. The molecule has 8 heteroatoms. The van der Waals surface area contributed by atoms with Crippen LogP contribution in [0.3, 0.4) is 0 Å². The molecule has 0 radical (unpaired) electrons. The van der Waals surface area contributed by atoms with Crippen LogP contribution in [0.5, 0.6) is 11.5 Å². The molecule has 0 unspecified atom stereocenters. The maximum Gasteiger partial charge on any atom is 0.221 e. The Hall–Kier alpha value is -3.42. The van der Waals surface area contributed by atoms with E-state index in [0.29, 0.717) is 24.7 Å². The fourth-order valence-electron chi connectivity index (χ4n) is 3.63. The Bertz CT molecular complexity index is 1090. The smallest absolute Gasteiger partial charge is 0.221 e. The summed E-state index contributed by atoms with van der Waals surface area (Å²) in [5.41, 5.74) is 0.653. The summed E-state index contributed by atoms with van der Waals surface area (Å²) in [5.74, 6) is 0.0790. The number of amides is 1. The first-order valence-electron chi connectivity index (χ1n) is 10.5. The standard InChI is InChI=1S/C24H24F2N2O4/c1-14(2)24(15-6-7-18-19(12-15)31-11-10-30-18)28-21(29)8-9-22-27-13-20(32-22)23-16(25)4-3-5-17(23)26/h3-7,12-14,24H,8-11H2,1-2H3,(H,28,29)/t24-/m1/s1. The normalized spacial score (nSPS) is 13.8. The second kappa shape index (κ2) is 9.38. The van der Waals surface area contributed by atoms with Crippen molar-refractivity contribution >= 4 is 5.91 Å². The van der Waals surface area contributed by atoms with Gasteiger partial charge in [-0.25, -0.2) is 13.8 Å². The molecule has 0 saturated heterocycles. The van der Waals surface area contributed by atoms with Crippen molar-refractivity contribution in [2.75, 3.05) is 13.2 Å². The minimum atomic E-state index is -0.732. The summed E-state index contributed by atoms with van der Waals surface area (Å²) < 4.78 is 44.6. The van der Waals surface area contributed by atoms with Gasteiger partial charge in [-0.1, -0.05) is 26.0 Å². The largest absolute Gasteiger partial charge is 0.486 e. The second-order valence-electron chi connectivity index (χ2n) is 7.91. The number of nitrogens with one attached hydrogen (secondary N) is 1. The number of oxazole rings is 1. The van der Waals surface area contributed by atoms with Crippen LogP contribution in [0.25, 0.3) is 11.3 Å². The van der Waals surface area contributed by atoms with E-state index in [1.807, 2.05) is 32.0 Å². The third-order valence-electron chi connectivity index (χ3n) is 5.24. The monoisotopic (exact) mass is 442 g/mol. The van der Waals surface area contributed by atoms with Crippen molar-refractivity contribution in [1.82, 2.24) is 10.3 Å². The molecule has 1 aliphatic heterocycles. The number of aryl methyl sites for hydroxylation is 1. The molecule has 0 spiro atoms. The number of ether oxygens (including phenoxy) is 2. The van der Waals surface area contributed by atoms with Gasteiger partial charge < -0.3 is 19.2 Å². The van der Waals surface area contributed by atoms with Crippen LogP contribution in [0.2, 0.25) is 0 Å². The van der Waals surface area contributed by atoms with Crippen LogP contribution in [0.15, 0.2) is 47.0 Å². The topological polar surface area (TPSA) is 73.6 Å². The number of carbonyl (C=O) groups excluding carboxylic acids is 1. The van der Waals surface area contributed by atoms with E-state index in [0.717, 1.165) is 17.7 Å². The average molecular weight is 442 g/mol. The van der Waals surface area contributed by atoms with E-state index < -0.39 is 11.6 Å². The molecule has 2 aromatic carbocycles. The Morgan fingerprint density at radius 1 is 1.09 bits per heavy atom. The van der Waals surface area contributed by atoms with E-state index in [1.165, 1.54) is 12.3 Å². The molecule has 3 aromatic rings. The number of halogens is 2. The molecule has 2 heterocycles. The number of carbonyl (C=O) groups is 1. The van der Waals surface area contributed by atoms with Crippen LogP contribution in [0, 0.1) is 17.6 Å². The van der Waals surface area contributed by atoms with Crippen LogP contribution >= 0.6 is 0 Å². The van der Waals surface area contributed by atoms with Crippen molar-refractivity contribution in [3.63, 3.8) is 0 Å². The third-order valence-corrected chi connectivity index (χ3v) is 5.24. The molecule has 1 aromatic heterocycles. The average Bonchev–Trinajstić information content (AvgIpc) is 3.24. The summed E-state index contributed by atoms with van der Waals surface area (Å²) in [4.78, 5) is 16.7. The zero-order valence-electron chi connectivity index (χ0n) is 17.9. The highest BCUT2D eigenvalue weighted by Gasteiger charge is 2.22. The molecule has 0 aliphatic carbocycles. The van der Waals surface area contributed by atoms with Crippen LogP contribution in [-0.2, 0) is 11.2 Å². The number of hydrogen-bond acceptors (Lipinski definition) is 5. The van der Waals surface area contributed by atoms with Crippen molar-refractivity contribution in [3.8, 4) is 22.8 Å². The van der Waals surface area contributed by atoms with E-state index in [1.54, 1.807) is 0 Å². The molecule has 0 fully saturated rings. The van der Waals surface area contributed by atoms with Crippen molar-refractivity contribution in [1.29, 1.82) is 0 Å². The quantitative estimate of drug-likeness (QED) is 0.567. The zero-order valence-corrected chi connectivity index (χ0v) is 17.9. The van der Waals surface area contributed by atoms with Crippen molar-refractivity contribution in [2.24, 2.45) is 5.92 Å². The van der Waals surface area contributed by atoms with Gasteiger partial charge in [-0.15, -0.1) is 0 Å². The molecule has 1 N–H and O–H groups in total. The Labute approximate surface area is 184 Å². The first-order valence-corrected chi connectivity index (χ1v) is 10.5. The molecular formula is C24H24F2N2O4. The zero-order chi connectivity index (χ0) is 22.7. The van der Waals surface area contributed by atoms with Gasteiger partial charge in [0, 0.05) is 12.8 Å². The molecule has 168 valence electrons. The highest BCUT2D eigenvalue weighted by molar-refractivity contribution is 5.76. The number of aromatic nitrogens is 1. The molecule has 0 saturated carbocycles. The van der Waals surface area contributed by atoms with Gasteiger partial charge in [0.2, 0.25) is 5.91 Å². The van der Waals surface area contributed by atoms with Gasteiger partial charge in [-0.3, -0.25) is 4.79 Å². The van der Waals surface area contributed by atoms with Crippen molar-refractivity contribution < 1.29 is 27.5 Å². The van der Waals surface area contributed by atoms with Gasteiger partial charge in [0.25, 0.3) is 0 Å². The third kappa shape index (κ3) is 4.74. The summed E-state index contributed by atoms with van der Waals surface area (Å²) >= 11 is 0. The fourth-order valence-corrected chi connectivity index (χ4v) is 3.63. The molecule has 32 heavy (non-hydrogen) atoms. The predicted molar refractivity (Wildman–Crippen MR) is 113 cm³/mol. The van der Waals surface area contributed by atoms with Crippen molar-refractivity contribution in [2.45, 2.75) is 32.7 Å². The summed E-state index contributed by atoms with van der Waals surface area (Å²) in [5, 5.41) is 3.04. The lowest BCUT2D eigenvalue weighted by Crippen LogP contribution is -2.32. The molecule has 6 nitrogen and oxygen atoms in total. The number of rotatable bonds is 7. The molecule has 1 amide bonds. The molecule has 1 atom stereocenters. The van der Waals surface area contributed by atoms with E-state index in [4.69, 9.17) is 13.9 Å². The van der Waals surface area contributed by atoms with E-state index in [9.17, 15) is 13.6 Å². The Balaban J connectivity index is 1.40. The molecule has 0 bridgehead atoms. The summed E-state index contributed by atoms with van der Waals surface area (Å²) in [7, 11) is 0. The summed E-state index contributed by atoms with van der Waals surface area (Å²) in [6.07, 6.45) is 1.59. The SMILES string of the molecule is CC(C)[C@@H](NC(=O)CCc1ncc(-c2c(F)cccc2F)o1)c1ccc2c(c1)OCCO2. The first-order chi connectivity index (χ1) is 15.4. The minimum absolute atomic E-state index is 0.00709. The number of fused-ring (bicyclic) bond motifs is 1. The number of benzene rings is 2.